The van der Waals surface area contributed by atoms with Crippen LogP contribution in [0.3, 0.4) is 0 Å². The fourth-order valence-corrected chi connectivity index (χ4v) is 1.72. The van der Waals surface area contributed by atoms with Gasteiger partial charge in [-0.15, -0.1) is 0 Å². The molecular weight excluding hydrogens is 170 g/mol. The van der Waals surface area contributed by atoms with Crippen molar-refractivity contribution in [3.05, 3.63) is 34.9 Å². The summed E-state index contributed by atoms with van der Waals surface area (Å²) >= 11 is 5.79. The summed E-state index contributed by atoms with van der Waals surface area (Å²) in [5, 5.41) is 4.09. The fraction of sp³-hybridized carbons (Fsp3) is 0.400. The molecule has 1 N–H and O–H groups in total. The summed E-state index contributed by atoms with van der Waals surface area (Å²) in [6.45, 7) is 0. The van der Waals surface area contributed by atoms with Gasteiger partial charge in [0.05, 0.1) is 0 Å². The highest BCUT2D eigenvalue weighted by Gasteiger charge is 2.36. The van der Waals surface area contributed by atoms with Crippen LogP contribution in [0.5, 0.6) is 0 Å². The maximum absolute atomic E-state index is 5.79. The Morgan fingerprint density at radius 2 is 2.00 bits per heavy atom. The largest absolute Gasteiger partial charge is 0.316 e. The van der Waals surface area contributed by atoms with Gasteiger partial charge in [-0.3, -0.25) is 0 Å². The van der Waals surface area contributed by atoms with Crippen LogP contribution < -0.4 is 5.32 Å². The zero-order valence-electron chi connectivity index (χ0n) is 7.05. The van der Waals surface area contributed by atoms with Gasteiger partial charge >= 0.3 is 0 Å². The molecule has 12 heavy (non-hydrogen) atoms. The van der Waals surface area contributed by atoms with Gasteiger partial charge in [0.1, 0.15) is 0 Å². The smallest absolute Gasteiger partial charge is 0.0406 e. The van der Waals surface area contributed by atoms with Gasteiger partial charge in [-0.2, -0.15) is 0 Å². The Morgan fingerprint density at radius 1 is 1.33 bits per heavy atom. The van der Waals surface area contributed by atoms with E-state index in [4.69, 9.17) is 11.6 Å². The Labute approximate surface area is 77.7 Å². The molecule has 1 fully saturated rings. The number of nitrogens with one attached hydrogen (secondary N) is 1. The molecule has 2 rings (SSSR count). The maximum atomic E-state index is 5.79. The molecule has 0 aromatic heterocycles. The lowest BCUT2D eigenvalue weighted by atomic mass is 10.1. The SMILES string of the molecule is CN[C@@H]1C[C@H]1c1ccc(Cl)cc1. The topological polar surface area (TPSA) is 12.0 Å². The number of likely N-dealkylation sites (N-methyl/N-ethyl adjacent to an activating group) is 1. The van der Waals surface area contributed by atoms with Crippen molar-refractivity contribution in [3.63, 3.8) is 0 Å². The van der Waals surface area contributed by atoms with Gasteiger partial charge in [-0.25, -0.2) is 0 Å². The molecule has 64 valence electrons. The predicted molar refractivity (Wildman–Crippen MR) is 51.7 cm³/mol. The summed E-state index contributed by atoms with van der Waals surface area (Å²) in [5.74, 6) is 0.715. The number of benzene rings is 1. The summed E-state index contributed by atoms with van der Waals surface area (Å²) in [5.41, 5.74) is 1.40. The van der Waals surface area contributed by atoms with Crippen molar-refractivity contribution >= 4 is 11.6 Å². The van der Waals surface area contributed by atoms with Crippen LogP contribution in [0.4, 0.5) is 0 Å². The van der Waals surface area contributed by atoms with Crippen molar-refractivity contribution in [1.82, 2.24) is 5.32 Å². The van der Waals surface area contributed by atoms with Gasteiger partial charge in [0.15, 0.2) is 0 Å². The predicted octanol–water partition coefficient (Wildman–Crippen LogP) is 2.42. The first-order chi connectivity index (χ1) is 5.81. The van der Waals surface area contributed by atoms with Crippen LogP contribution in [0, 0.1) is 0 Å². The van der Waals surface area contributed by atoms with Gasteiger partial charge in [0, 0.05) is 17.0 Å². The quantitative estimate of drug-likeness (QED) is 0.739. The summed E-state index contributed by atoms with van der Waals surface area (Å²) in [6.07, 6.45) is 1.26. The summed E-state index contributed by atoms with van der Waals surface area (Å²) in [7, 11) is 2.01. The van der Waals surface area contributed by atoms with Crippen LogP contribution in [-0.2, 0) is 0 Å². The van der Waals surface area contributed by atoms with E-state index in [0.29, 0.717) is 12.0 Å². The standard InChI is InChI=1S/C10H12ClN/c1-12-10-6-9(10)7-2-4-8(11)5-3-7/h2-5,9-10,12H,6H2,1H3/t9-,10+/m0/s1. The van der Waals surface area contributed by atoms with Crippen molar-refractivity contribution in [2.24, 2.45) is 0 Å². The first-order valence-electron chi connectivity index (χ1n) is 4.24. The van der Waals surface area contributed by atoms with Gasteiger partial charge in [-0.1, -0.05) is 23.7 Å². The lowest BCUT2D eigenvalue weighted by Gasteiger charge is -1.98. The Balaban J connectivity index is 2.10. The van der Waals surface area contributed by atoms with E-state index in [1.807, 2.05) is 19.2 Å². The molecule has 1 aliphatic carbocycles. The van der Waals surface area contributed by atoms with E-state index in [9.17, 15) is 0 Å². The van der Waals surface area contributed by atoms with E-state index in [1.54, 1.807) is 0 Å². The van der Waals surface area contributed by atoms with Crippen molar-refractivity contribution in [1.29, 1.82) is 0 Å². The summed E-state index contributed by atoms with van der Waals surface area (Å²) in [4.78, 5) is 0. The monoisotopic (exact) mass is 181 g/mol. The van der Waals surface area contributed by atoms with Crippen molar-refractivity contribution in [2.45, 2.75) is 18.4 Å². The lowest BCUT2D eigenvalue weighted by Crippen LogP contribution is -2.09. The molecule has 1 aromatic carbocycles. The molecule has 2 atom stereocenters. The highest BCUT2D eigenvalue weighted by Crippen LogP contribution is 2.40. The average molecular weight is 182 g/mol. The van der Waals surface area contributed by atoms with Crippen molar-refractivity contribution in [3.8, 4) is 0 Å². The minimum atomic E-state index is 0.686. The van der Waals surface area contributed by atoms with E-state index in [0.717, 1.165) is 5.02 Å². The third kappa shape index (κ3) is 1.47. The zero-order valence-corrected chi connectivity index (χ0v) is 7.81. The molecule has 0 unspecified atom stereocenters. The molecule has 0 saturated heterocycles. The second-order valence-electron chi connectivity index (χ2n) is 3.29. The van der Waals surface area contributed by atoms with Crippen LogP contribution in [0.15, 0.2) is 24.3 Å². The van der Waals surface area contributed by atoms with Gasteiger partial charge in [0.25, 0.3) is 0 Å². The maximum Gasteiger partial charge on any atom is 0.0406 e. The Bertz CT molecular complexity index is 268. The van der Waals surface area contributed by atoms with Crippen LogP contribution >= 0.6 is 11.6 Å². The molecule has 0 spiro atoms. The number of rotatable bonds is 2. The molecule has 1 saturated carbocycles. The highest BCUT2D eigenvalue weighted by molar-refractivity contribution is 6.30. The summed E-state index contributed by atoms with van der Waals surface area (Å²) < 4.78 is 0. The van der Waals surface area contributed by atoms with Crippen LogP contribution in [0.1, 0.15) is 17.9 Å². The van der Waals surface area contributed by atoms with Gasteiger partial charge < -0.3 is 5.32 Å². The number of hydrogen-bond acceptors (Lipinski definition) is 1. The van der Waals surface area contributed by atoms with Crippen LogP contribution in [0.25, 0.3) is 0 Å². The molecule has 1 aliphatic rings. The van der Waals surface area contributed by atoms with Crippen molar-refractivity contribution < 1.29 is 0 Å². The Morgan fingerprint density at radius 3 is 2.50 bits per heavy atom. The van der Waals surface area contributed by atoms with Gasteiger partial charge in [0.2, 0.25) is 0 Å². The van der Waals surface area contributed by atoms with E-state index in [2.05, 4.69) is 17.4 Å². The second kappa shape index (κ2) is 3.08. The fourth-order valence-electron chi connectivity index (χ4n) is 1.59. The van der Waals surface area contributed by atoms with Crippen molar-refractivity contribution in [2.75, 3.05) is 7.05 Å². The molecule has 0 bridgehead atoms. The van der Waals surface area contributed by atoms with E-state index in [-0.39, 0.29) is 0 Å². The lowest BCUT2D eigenvalue weighted by molar-refractivity contribution is 0.783. The molecule has 0 radical (unpaired) electrons. The average Bonchev–Trinajstić information content (AvgIpc) is 2.85. The van der Waals surface area contributed by atoms with E-state index in [1.165, 1.54) is 12.0 Å². The van der Waals surface area contributed by atoms with Crippen LogP contribution in [0.2, 0.25) is 5.02 Å². The van der Waals surface area contributed by atoms with E-state index >= 15 is 0 Å². The second-order valence-corrected chi connectivity index (χ2v) is 3.73. The van der Waals surface area contributed by atoms with E-state index < -0.39 is 0 Å². The molecule has 0 aliphatic heterocycles. The first-order valence-corrected chi connectivity index (χ1v) is 4.62. The molecule has 0 amide bonds. The Kier molecular flexibility index (Phi) is 2.07. The molecule has 1 aromatic rings. The minimum absolute atomic E-state index is 0.686. The number of hydrogen-bond donors (Lipinski definition) is 1. The third-order valence-corrected chi connectivity index (χ3v) is 2.71. The van der Waals surface area contributed by atoms with Crippen LogP contribution in [-0.4, -0.2) is 13.1 Å². The molecule has 2 heteroatoms. The molecule has 0 heterocycles. The number of halogens is 1. The highest BCUT2D eigenvalue weighted by atomic mass is 35.5. The Hall–Kier alpha value is -0.530. The molecule has 1 nitrogen and oxygen atoms in total. The first kappa shape index (κ1) is 8.09. The minimum Gasteiger partial charge on any atom is -0.316 e. The summed E-state index contributed by atoms with van der Waals surface area (Å²) in [6, 6.07) is 8.84. The zero-order chi connectivity index (χ0) is 8.55. The van der Waals surface area contributed by atoms with Gasteiger partial charge in [-0.05, 0) is 31.2 Å². The molecular formula is C10H12ClN. The third-order valence-electron chi connectivity index (χ3n) is 2.46. The normalized spacial score (nSPS) is 27.2.